The molecule has 3 rings (SSSR count). The minimum Gasteiger partial charge on any atom is -0.477 e. The third-order valence-corrected chi connectivity index (χ3v) is 4.69. The van der Waals surface area contributed by atoms with Crippen molar-refractivity contribution in [1.82, 2.24) is 14.8 Å². The zero-order valence-electron chi connectivity index (χ0n) is 10.9. The van der Waals surface area contributed by atoms with Crippen molar-refractivity contribution in [1.29, 1.82) is 0 Å². The quantitative estimate of drug-likeness (QED) is 0.934. The summed E-state index contributed by atoms with van der Waals surface area (Å²) in [5, 5.41) is 18.6. The van der Waals surface area contributed by atoms with E-state index in [0.29, 0.717) is 16.6 Å². The van der Waals surface area contributed by atoms with Crippen LogP contribution in [0.4, 0.5) is 0 Å². The molecule has 1 aliphatic rings. The second-order valence-electron chi connectivity index (χ2n) is 4.90. The van der Waals surface area contributed by atoms with Crippen LogP contribution in [0.25, 0.3) is 5.13 Å². The second-order valence-corrected chi connectivity index (χ2v) is 5.89. The minimum atomic E-state index is -1.22. The lowest BCUT2D eigenvalue weighted by molar-refractivity contribution is 0.0694. The fourth-order valence-corrected chi connectivity index (χ4v) is 3.18. The highest BCUT2D eigenvalue weighted by Crippen LogP contribution is 2.37. The van der Waals surface area contributed by atoms with Crippen molar-refractivity contribution in [2.45, 2.75) is 32.1 Å². The van der Waals surface area contributed by atoms with E-state index in [1.54, 1.807) is 19.2 Å². The summed E-state index contributed by atoms with van der Waals surface area (Å²) >= 11 is 1.36. The summed E-state index contributed by atoms with van der Waals surface area (Å²) < 4.78 is 1.26. The Kier molecular flexibility index (Phi) is 3.13. The molecule has 0 aromatic carbocycles. The normalized spacial score (nSPS) is 15.1. The van der Waals surface area contributed by atoms with Gasteiger partial charge in [-0.25, -0.2) is 4.79 Å². The first kappa shape index (κ1) is 13.0. The molecule has 1 saturated carbocycles. The number of nitrogens with zero attached hydrogens (tertiary/aromatic N) is 3. The number of carboxylic acid groups (broad SMARTS) is 1. The molecule has 6 nitrogen and oxygen atoms in total. The molecule has 0 amide bonds. The van der Waals surface area contributed by atoms with Gasteiger partial charge in [0.25, 0.3) is 5.56 Å². The SMILES string of the molecule is Cc1ccn(-c2nnc(C3CCC3)s2)c(=O)c1C(=O)O. The molecule has 0 atom stereocenters. The second kappa shape index (κ2) is 4.82. The first-order valence-electron chi connectivity index (χ1n) is 6.37. The third-order valence-electron chi connectivity index (χ3n) is 3.60. The van der Waals surface area contributed by atoms with Crippen molar-refractivity contribution >= 4 is 17.3 Å². The first-order chi connectivity index (χ1) is 9.58. The molecule has 0 unspecified atom stereocenters. The molecule has 20 heavy (non-hydrogen) atoms. The number of pyridine rings is 1. The van der Waals surface area contributed by atoms with Gasteiger partial charge in [0.2, 0.25) is 5.13 Å². The Hall–Kier alpha value is -2.02. The van der Waals surface area contributed by atoms with Crippen LogP contribution in [-0.2, 0) is 0 Å². The highest BCUT2D eigenvalue weighted by molar-refractivity contribution is 7.13. The van der Waals surface area contributed by atoms with E-state index in [4.69, 9.17) is 5.11 Å². The van der Waals surface area contributed by atoms with Gasteiger partial charge in [-0.2, -0.15) is 0 Å². The lowest BCUT2D eigenvalue weighted by Gasteiger charge is -2.21. The van der Waals surface area contributed by atoms with Crippen LogP contribution in [0.15, 0.2) is 17.1 Å². The molecule has 0 spiro atoms. The van der Waals surface area contributed by atoms with Gasteiger partial charge in [0, 0.05) is 12.1 Å². The maximum atomic E-state index is 12.2. The number of carbonyl (C=O) groups is 1. The minimum absolute atomic E-state index is 0.215. The van der Waals surface area contributed by atoms with Crippen LogP contribution in [0, 0.1) is 6.92 Å². The molecule has 1 aliphatic carbocycles. The van der Waals surface area contributed by atoms with Crippen molar-refractivity contribution in [3.8, 4) is 5.13 Å². The van der Waals surface area contributed by atoms with Crippen LogP contribution in [-0.4, -0.2) is 25.8 Å². The van der Waals surface area contributed by atoms with E-state index in [1.165, 1.54) is 22.3 Å². The van der Waals surface area contributed by atoms with Crippen molar-refractivity contribution in [3.63, 3.8) is 0 Å². The number of rotatable bonds is 3. The predicted molar refractivity (Wildman–Crippen MR) is 73.8 cm³/mol. The molecule has 104 valence electrons. The van der Waals surface area contributed by atoms with E-state index in [9.17, 15) is 9.59 Å². The number of hydrogen-bond donors (Lipinski definition) is 1. The van der Waals surface area contributed by atoms with E-state index < -0.39 is 11.5 Å². The summed E-state index contributed by atoms with van der Waals surface area (Å²) in [6, 6.07) is 1.61. The summed E-state index contributed by atoms with van der Waals surface area (Å²) in [6.07, 6.45) is 4.97. The molecule has 2 heterocycles. The van der Waals surface area contributed by atoms with Crippen LogP contribution in [0.5, 0.6) is 0 Å². The number of hydrogen-bond acceptors (Lipinski definition) is 5. The predicted octanol–water partition coefficient (Wildman–Crippen LogP) is 1.96. The zero-order valence-corrected chi connectivity index (χ0v) is 11.7. The largest absolute Gasteiger partial charge is 0.477 e. The number of aryl methyl sites for hydroxylation is 1. The maximum absolute atomic E-state index is 12.2. The molecule has 0 aliphatic heterocycles. The lowest BCUT2D eigenvalue weighted by atomic mass is 9.86. The van der Waals surface area contributed by atoms with Gasteiger partial charge in [-0.1, -0.05) is 17.8 Å². The Balaban J connectivity index is 2.06. The molecule has 1 fully saturated rings. The summed E-state index contributed by atoms with van der Waals surface area (Å²) in [5.74, 6) is -0.771. The molecule has 7 heteroatoms. The van der Waals surface area contributed by atoms with Crippen LogP contribution in [0.1, 0.15) is 46.1 Å². The average molecular weight is 291 g/mol. The molecule has 1 N–H and O–H groups in total. The van der Waals surface area contributed by atoms with Crippen LogP contribution in [0.3, 0.4) is 0 Å². The van der Waals surface area contributed by atoms with E-state index in [1.807, 2.05) is 0 Å². The van der Waals surface area contributed by atoms with Gasteiger partial charge in [-0.05, 0) is 31.4 Å². The summed E-state index contributed by atoms with van der Waals surface area (Å²) in [6.45, 7) is 1.61. The number of aromatic carboxylic acids is 1. The van der Waals surface area contributed by atoms with Gasteiger partial charge >= 0.3 is 5.97 Å². The third kappa shape index (κ3) is 2.03. The number of aromatic nitrogens is 3. The number of carboxylic acids is 1. The monoisotopic (exact) mass is 291 g/mol. The summed E-state index contributed by atoms with van der Waals surface area (Å²) in [4.78, 5) is 23.4. The van der Waals surface area contributed by atoms with Gasteiger partial charge < -0.3 is 5.11 Å². The average Bonchev–Trinajstić information content (AvgIpc) is 2.75. The summed E-state index contributed by atoms with van der Waals surface area (Å²) in [5.41, 5.74) is -0.329. The highest BCUT2D eigenvalue weighted by Gasteiger charge is 2.24. The Bertz CT molecular complexity index is 731. The Morgan fingerprint density at radius 2 is 2.20 bits per heavy atom. The van der Waals surface area contributed by atoms with Crippen molar-refractivity contribution in [2.24, 2.45) is 0 Å². The highest BCUT2D eigenvalue weighted by atomic mass is 32.1. The van der Waals surface area contributed by atoms with E-state index >= 15 is 0 Å². The zero-order chi connectivity index (χ0) is 14.3. The Labute approximate surface area is 118 Å². The Morgan fingerprint density at radius 1 is 1.45 bits per heavy atom. The van der Waals surface area contributed by atoms with Crippen LogP contribution >= 0.6 is 11.3 Å². The fourth-order valence-electron chi connectivity index (χ4n) is 2.18. The van der Waals surface area contributed by atoms with E-state index in [-0.39, 0.29) is 5.56 Å². The Morgan fingerprint density at radius 3 is 2.80 bits per heavy atom. The lowest BCUT2D eigenvalue weighted by Crippen LogP contribution is -2.25. The molecular formula is C13H13N3O3S. The molecule has 0 saturated heterocycles. The van der Waals surface area contributed by atoms with Gasteiger partial charge in [0.15, 0.2) is 0 Å². The van der Waals surface area contributed by atoms with Crippen molar-refractivity contribution in [3.05, 3.63) is 38.8 Å². The van der Waals surface area contributed by atoms with Gasteiger partial charge in [0.1, 0.15) is 10.6 Å². The molecule has 2 aromatic heterocycles. The fraction of sp³-hybridized carbons (Fsp3) is 0.385. The maximum Gasteiger partial charge on any atom is 0.341 e. The van der Waals surface area contributed by atoms with Gasteiger partial charge in [-0.15, -0.1) is 10.2 Å². The summed E-state index contributed by atoms with van der Waals surface area (Å²) in [7, 11) is 0. The smallest absolute Gasteiger partial charge is 0.341 e. The van der Waals surface area contributed by atoms with Crippen LogP contribution in [0.2, 0.25) is 0 Å². The molecule has 0 radical (unpaired) electrons. The van der Waals surface area contributed by atoms with E-state index in [0.717, 1.165) is 17.8 Å². The van der Waals surface area contributed by atoms with E-state index in [2.05, 4.69) is 10.2 Å². The molecular weight excluding hydrogens is 278 g/mol. The standard InChI is InChI=1S/C13H13N3O3S/c1-7-5-6-16(11(17)9(7)12(18)19)13-15-14-10(20-13)8-3-2-4-8/h5-6,8H,2-4H2,1H3,(H,18,19). The van der Waals surface area contributed by atoms with Crippen molar-refractivity contribution < 1.29 is 9.90 Å². The molecule has 0 bridgehead atoms. The topological polar surface area (TPSA) is 85.1 Å². The van der Waals surface area contributed by atoms with Gasteiger partial charge in [-0.3, -0.25) is 9.36 Å². The van der Waals surface area contributed by atoms with Gasteiger partial charge in [0.05, 0.1) is 0 Å². The first-order valence-corrected chi connectivity index (χ1v) is 7.19. The van der Waals surface area contributed by atoms with Crippen LogP contribution < -0.4 is 5.56 Å². The van der Waals surface area contributed by atoms with Crippen molar-refractivity contribution in [2.75, 3.05) is 0 Å². The molecule has 2 aromatic rings.